The second kappa shape index (κ2) is 3.73. The molecule has 3 heteroatoms. The first-order valence-electron chi connectivity index (χ1n) is 6.63. The molecule has 0 aromatic rings. The summed E-state index contributed by atoms with van der Waals surface area (Å²) in [5.74, 6) is 0.545. The fourth-order valence-corrected chi connectivity index (χ4v) is 4.24. The number of aliphatic carboxylic acids is 1. The normalized spacial score (nSPS) is 44.3. The van der Waals surface area contributed by atoms with Crippen LogP contribution < -0.4 is 0 Å². The maximum Gasteiger partial charge on any atom is 0.306 e. The Labute approximate surface area is 96.8 Å². The van der Waals surface area contributed by atoms with Crippen LogP contribution in [0.2, 0.25) is 0 Å². The van der Waals surface area contributed by atoms with Gasteiger partial charge in [0.15, 0.2) is 0 Å². The van der Waals surface area contributed by atoms with Gasteiger partial charge in [-0.3, -0.25) is 4.79 Å². The van der Waals surface area contributed by atoms with Crippen molar-refractivity contribution in [3.63, 3.8) is 0 Å². The first-order chi connectivity index (χ1) is 7.68. The highest BCUT2D eigenvalue weighted by atomic mass is 16.4. The Morgan fingerprint density at radius 2 is 2.00 bits per heavy atom. The number of piperidine rings is 1. The van der Waals surface area contributed by atoms with Gasteiger partial charge in [0.05, 0.1) is 5.92 Å². The van der Waals surface area contributed by atoms with Gasteiger partial charge in [0.2, 0.25) is 0 Å². The molecule has 3 nitrogen and oxygen atoms in total. The molecule has 4 atom stereocenters. The summed E-state index contributed by atoms with van der Waals surface area (Å²) in [6.07, 6.45) is 7.18. The maximum absolute atomic E-state index is 11.4. The Kier molecular flexibility index (Phi) is 2.46. The SMILES string of the molecule is CN1C2CCC1C(C1CCC1)C(C(=O)O)C2. The van der Waals surface area contributed by atoms with Crippen molar-refractivity contribution in [2.45, 2.75) is 50.6 Å². The van der Waals surface area contributed by atoms with E-state index in [-0.39, 0.29) is 5.92 Å². The number of carbonyl (C=O) groups is 1. The second-order valence-electron chi connectivity index (χ2n) is 5.91. The highest BCUT2D eigenvalue weighted by molar-refractivity contribution is 5.71. The van der Waals surface area contributed by atoms with E-state index in [1.165, 1.54) is 32.1 Å². The van der Waals surface area contributed by atoms with E-state index in [4.69, 9.17) is 0 Å². The molecule has 0 spiro atoms. The summed E-state index contributed by atoms with van der Waals surface area (Å²) < 4.78 is 0. The predicted octanol–water partition coefficient (Wildman–Crippen LogP) is 1.97. The average Bonchev–Trinajstić information content (AvgIpc) is 2.41. The van der Waals surface area contributed by atoms with Crippen LogP contribution in [0, 0.1) is 17.8 Å². The number of hydrogen-bond acceptors (Lipinski definition) is 2. The van der Waals surface area contributed by atoms with E-state index < -0.39 is 5.97 Å². The number of fused-ring (bicyclic) bond motifs is 2. The van der Waals surface area contributed by atoms with Crippen LogP contribution in [0.3, 0.4) is 0 Å². The smallest absolute Gasteiger partial charge is 0.306 e. The molecule has 2 bridgehead atoms. The number of nitrogens with zero attached hydrogens (tertiary/aromatic N) is 1. The summed E-state index contributed by atoms with van der Waals surface area (Å²) in [5, 5.41) is 9.41. The van der Waals surface area contributed by atoms with Crippen molar-refractivity contribution in [1.82, 2.24) is 4.90 Å². The molecule has 1 saturated carbocycles. The fraction of sp³-hybridized carbons (Fsp3) is 0.923. The van der Waals surface area contributed by atoms with Crippen LogP contribution in [-0.2, 0) is 4.79 Å². The minimum Gasteiger partial charge on any atom is -0.481 e. The van der Waals surface area contributed by atoms with Crippen LogP contribution >= 0.6 is 0 Å². The van der Waals surface area contributed by atoms with E-state index in [9.17, 15) is 9.90 Å². The van der Waals surface area contributed by atoms with Gasteiger partial charge in [-0.05, 0) is 38.1 Å². The molecule has 4 unspecified atom stereocenters. The summed E-state index contributed by atoms with van der Waals surface area (Å²) in [4.78, 5) is 13.9. The molecule has 0 aromatic heterocycles. The molecule has 90 valence electrons. The first-order valence-corrected chi connectivity index (χ1v) is 6.63. The molecule has 16 heavy (non-hydrogen) atoms. The zero-order chi connectivity index (χ0) is 11.3. The van der Waals surface area contributed by atoms with Crippen LogP contribution in [0.5, 0.6) is 0 Å². The van der Waals surface area contributed by atoms with Gasteiger partial charge in [0, 0.05) is 12.1 Å². The highest BCUT2D eigenvalue weighted by Gasteiger charge is 2.51. The molecule has 0 aromatic carbocycles. The van der Waals surface area contributed by atoms with Crippen molar-refractivity contribution < 1.29 is 9.90 Å². The van der Waals surface area contributed by atoms with Crippen molar-refractivity contribution >= 4 is 5.97 Å². The number of hydrogen-bond donors (Lipinski definition) is 1. The van der Waals surface area contributed by atoms with E-state index in [0.29, 0.717) is 23.9 Å². The molecular weight excluding hydrogens is 202 g/mol. The van der Waals surface area contributed by atoms with E-state index in [2.05, 4.69) is 11.9 Å². The Bertz CT molecular complexity index is 300. The van der Waals surface area contributed by atoms with E-state index in [1.807, 2.05) is 0 Å². The van der Waals surface area contributed by atoms with Crippen LogP contribution in [0.25, 0.3) is 0 Å². The van der Waals surface area contributed by atoms with Crippen molar-refractivity contribution in [2.24, 2.45) is 17.8 Å². The second-order valence-corrected chi connectivity index (χ2v) is 5.91. The summed E-state index contributed by atoms with van der Waals surface area (Å²) in [6, 6.07) is 1.10. The fourth-order valence-electron chi connectivity index (χ4n) is 4.24. The molecule has 3 fully saturated rings. The topological polar surface area (TPSA) is 40.5 Å². The van der Waals surface area contributed by atoms with Crippen LogP contribution in [-0.4, -0.2) is 35.1 Å². The maximum atomic E-state index is 11.4. The highest BCUT2D eigenvalue weighted by Crippen LogP contribution is 2.49. The molecule has 2 heterocycles. The van der Waals surface area contributed by atoms with Crippen LogP contribution in [0.4, 0.5) is 0 Å². The lowest BCUT2D eigenvalue weighted by Gasteiger charge is -2.47. The molecule has 2 aliphatic heterocycles. The number of carboxylic acid groups (broad SMARTS) is 1. The summed E-state index contributed by atoms with van der Waals surface area (Å²) in [5.41, 5.74) is 0. The van der Waals surface area contributed by atoms with Crippen molar-refractivity contribution in [3.05, 3.63) is 0 Å². The number of carboxylic acids is 1. The Morgan fingerprint density at radius 1 is 1.25 bits per heavy atom. The zero-order valence-corrected chi connectivity index (χ0v) is 9.93. The van der Waals surface area contributed by atoms with Gasteiger partial charge in [-0.1, -0.05) is 19.3 Å². The van der Waals surface area contributed by atoms with E-state index in [0.717, 1.165) is 6.42 Å². The molecule has 0 radical (unpaired) electrons. The van der Waals surface area contributed by atoms with Gasteiger partial charge in [0.25, 0.3) is 0 Å². The zero-order valence-electron chi connectivity index (χ0n) is 9.93. The van der Waals surface area contributed by atoms with Crippen molar-refractivity contribution in [1.29, 1.82) is 0 Å². The third-order valence-electron chi connectivity index (χ3n) is 5.34. The lowest BCUT2D eigenvalue weighted by Crippen LogP contribution is -2.52. The van der Waals surface area contributed by atoms with Gasteiger partial charge in [-0.25, -0.2) is 0 Å². The molecular formula is C13H21NO2. The largest absolute Gasteiger partial charge is 0.481 e. The number of rotatable bonds is 2. The lowest BCUT2D eigenvalue weighted by molar-refractivity contribution is -0.150. The van der Waals surface area contributed by atoms with E-state index in [1.54, 1.807) is 0 Å². The summed E-state index contributed by atoms with van der Waals surface area (Å²) in [6.45, 7) is 0. The van der Waals surface area contributed by atoms with Crippen LogP contribution in [0.1, 0.15) is 38.5 Å². The third-order valence-corrected chi connectivity index (χ3v) is 5.34. The van der Waals surface area contributed by atoms with Gasteiger partial charge in [-0.2, -0.15) is 0 Å². The Hall–Kier alpha value is -0.570. The van der Waals surface area contributed by atoms with Gasteiger partial charge in [-0.15, -0.1) is 0 Å². The monoisotopic (exact) mass is 223 g/mol. The quantitative estimate of drug-likeness (QED) is 0.778. The van der Waals surface area contributed by atoms with Crippen molar-refractivity contribution in [3.8, 4) is 0 Å². The molecule has 2 saturated heterocycles. The Morgan fingerprint density at radius 3 is 2.56 bits per heavy atom. The van der Waals surface area contributed by atoms with Gasteiger partial charge >= 0.3 is 5.97 Å². The van der Waals surface area contributed by atoms with E-state index >= 15 is 0 Å². The van der Waals surface area contributed by atoms with Crippen molar-refractivity contribution in [2.75, 3.05) is 7.05 Å². The summed E-state index contributed by atoms with van der Waals surface area (Å²) >= 11 is 0. The molecule has 1 N–H and O–H groups in total. The first kappa shape index (κ1) is 10.6. The average molecular weight is 223 g/mol. The molecule has 0 amide bonds. The van der Waals surface area contributed by atoms with Crippen LogP contribution in [0.15, 0.2) is 0 Å². The standard InChI is InChI=1S/C13H21NO2/c1-14-9-5-6-11(14)12(8-3-2-4-8)10(7-9)13(15)16/h8-12H,2-7H2,1H3,(H,15,16). The minimum absolute atomic E-state index is 0.0565. The predicted molar refractivity (Wildman–Crippen MR) is 61.1 cm³/mol. The molecule has 1 aliphatic carbocycles. The summed E-state index contributed by atoms with van der Waals surface area (Å²) in [7, 11) is 2.20. The minimum atomic E-state index is -0.540. The van der Waals surface area contributed by atoms with Gasteiger partial charge in [0.1, 0.15) is 0 Å². The molecule has 3 aliphatic rings. The lowest BCUT2D eigenvalue weighted by atomic mass is 9.65. The third kappa shape index (κ3) is 1.41. The molecule has 3 rings (SSSR count). The van der Waals surface area contributed by atoms with Gasteiger partial charge < -0.3 is 10.0 Å². The Balaban J connectivity index is 1.85.